The lowest BCUT2D eigenvalue weighted by molar-refractivity contribution is -0.238. The first-order valence-corrected chi connectivity index (χ1v) is 11.3. The SMILES string of the molecule is C[C@H]1CC[C@H]2C(C)(C)C(O)C(N)C[C@]23Oc2c(cc(C(=O)O)c4c2CNC4=O)C[C@]13C. The second-order valence-corrected chi connectivity index (χ2v) is 11.0. The molecule has 0 radical (unpaired) electrons. The lowest BCUT2D eigenvalue weighted by atomic mass is 9.43. The first kappa shape index (κ1) is 20.8. The number of nitrogens with two attached hydrogens (primary N) is 1. The number of carboxylic acids is 1. The Balaban J connectivity index is 1.75. The van der Waals surface area contributed by atoms with Gasteiger partial charge in [-0.2, -0.15) is 0 Å². The predicted molar refractivity (Wildman–Crippen MR) is 114 cm³/mol. The number of fused-ring (bicyclic) bond motifs is 3. The van der Waals surface area contributed by atoms with Crippen molar-refractivity contribution in [3.05, 3.63) is 28.3 Å². The van der Waals surface area contributed by atoms with Crippen LogP contribution >= 0.6 is 0 Å². The number of hydrogen-bond acceptors (Lipinski definition) is 5. The fourth-order valence-corrected chi connectivity index (χ4v) is 7.38. The molecule has 2 unspecified atom stereocenters. The lowest BCUT2D eigenvalue weighted by Crippen LogP contribution is -2.74. The molecular formula is C24H32N2O5. The number of ether oxygens (including phenoxy) is 1. The Hall–Kier alpha value is -2.12. The van der Waals surface area contributed by atoms with E-state index in [1.807, 2.05) is 0 Å². The number of carbonyl (C=O) groups excluding carboxylic acids is 1. The number of rotatable bonds is 1. The van der Waals surface area contributed by atoms with Gasteiger partial charge in [-0.25, -0.2) is 4.79 Å². The van der Waals surface area contributed by atoms with Crippen molar-refractivity contribution in [3.8, 4) is 5.75 Å². The van der Waals surface area contributed by atoms with E-state index in [1.165, 1.54) is 0 Å². The van der Waals surface area contributed by atoms with Gasteiger partial charge in [0.05, 0.1) is 17.2 Å². The fraction of sp³-hybridized carbons (Fsp3) is 0.667. The highest BCUT2D eigenvalue weighted by molar-refractivity contribution is 6.08. The predicted octanol–water partition coefficient (Wildman–Crippen LogP) is 2.47. The van der Waals surface area contributed by atoms with Crippen LogP contribution in [0.4, 0.5) is 0 Å². The van der Waals surface area contributed by atoms with E-state index in [0.717, 1.165) is 18.4 Å². The largest absolute Gasteiger partial charge is 0.486 e. The fourth-order valence-electron chi connectivity index (χ4n) is 7.38. The van der Waals surface area contributed by atoms with Crippen molar-refractivity contribution in [1.82, 2.24) is 5.32 Å². The summed E-state index contributed by atoms with van der Waals surface area (Å²) in [4.78, 5) is 24.4. The van der Waals surface area contributed by atoms with Gasteiger partial charge < -0.3 is 26.0 Å². The minimum Gasteiger partial charge on any atom is -0.486 e. The van der Waals surface area contributed by atoms with E-state index in [4.69, 9.17) is 10.5 Å². The van der Waals surface area contributed by atoms with Gasteiger partial charge in [0.2, 0.25) is 0 Å². The second kappa shape index (κ2) is 6.23. The van der Waals surface area contributed by atoms with Crippen LogP contribution in [-0.2, 0) is 13.0 Å². The van der Waals surface area contributed by atoms with Gasteiger partial charge in [-0.05, 0) is 42.2 Å². The summed E-state index contributed by atoms with van der Waals surface area (Å²) in [6, 6.07) is 1.22. The number of hydrogen-bond donors (Lipinski definition) is 4. The van der Waals surface area contributed by atoms with Crippen molar-refractivity contribution in [2.24, 2.45) is 28.4 Å². The van der Waals surface area contributed by atoms with E-state index >= 15 is 0 Å². The molecule has 0 bridgehead atoms. The van der Waals surface area contributed by atoms with E-state index in [-0.39, 0.29) is 34.9 Å². The average molecular weight is 429 g/mol. The van der Waals surface area contributed by atoms with Crippen LogP contribution in [0, 0.1) is 22.7 Å². The summed E-state index contributed by atoms with van der Waals surface area (Å²) < 4.78 is 7.00. The zero-order valence-corrected chi connectivity index (χ0v) is 18.6. The monoisotopic (exact) mass is 428 g/mol. The Morgan fingerprint density at radius 3 is 2.68 bits per heavy atom. The summed E-state index contributed by atoms with van der Waals surface area (Å²) >= 11 is 0. The second-order valence-electron chi connectivity index (χ2n) is 11.0. The molecule has 1 aromatic carbocycles. The lowest BCUT2D eigenvalue weighted by Gasteiger charge is -2.68. The average Bonchev–Trinajstić information content (AvgIpc) is 3.07. The molecule has 168 valence electrons. The number of amides is 1. The summed E-state index contributed by atoms with van der Waals surface area (Å²) in [6.45, 7) is 8.92. The number of nitrogens with one attached hydrogen (secondary N) is 1. The van der Waals surface area contributed by atoms with Gasteiger partial charge in [-0.1, -0.05) is 27.7 Å². The van der Waals surface area contributed by atoms with Crippen molar-refractivity contribution in [3.63, 3.8) is 0 Å². The summed E-state index contributed by atoms with van der Waals surface area (Å²) in [5, 5.41) is 23.5. The number of aliphatic hydroxyl groups is 1. The van der Waals surface area contributed by atoms with Gasteiger partial charge in [0.25, 0.3) is 5.91 Å². The maximum Gasteiger partial charge on any atom is 0.336 e. The first-order chi connectivity index (χ1) is 14.4. The van der Waals surface area contributed by atoms with Gasteiger partial charge in [0.15, 0.2) is 0 Å². The Bertz CT molecular complexity index is 1000. The van der Waals surface area contributed by atoms with E-state index in [0.29, 0.717) is 30.1 Å². The Labute approximate surface area is 182 Å². The van der Waals surface area contributed by atoms with Gasteiger partial charge in [0, 0.05) is 35.9 Å². The van der Waals surface area contributed by atoms with Crippen LogP contribution < -0.4 is 15.8 Å². The van der Waals surface area contributed by atoms with Crippen molar-refractivity contribution < 1.29 is 24.5 Å². The molecular weight excluding hydrogens is 396 g/mol. The van der Waals surface area contributed by atoms with Crippen LogP contribution in [0.1, 0.15) is 78.8 Å². The van der Waals surface area contributed by atoms with E-state index < -0.39 is 29.1 Å². The Kier molecular flexibility index (Phi) is 4.17. The van der Waals surface area contributed by atoms with E-state index in [9.17, 15) is 19.8 Å². The smallest absolute Gasteiger partial charge is 0.336 e. The third kappa shape index (κ3) is 2.42. The third-order valence-corrected chi connectivity index (χ3v) is 9.29. The van der Waals surface area contributed by atoms with Gasteiger partial charge in [-0.15, -0.1) is 0 Å². The number of carbonyl (C=O) groups is 2. The number of benzene rings is 1. The highest BCUT2D eigenvalue weighted by atomic mass is 16.5. The molecule has 2 aliphatic carbocycles. The van der Waals surface area contributed by atoms with Crippen LogP contribution in [0.5, 0.6) is 5.75 Å². The van der Waals surface area contributed by atoms with Crippen LogP contribution in [0.2, 0.25) is 0 Å². The molecule has 4 aliphatic rings. The first-order valence-electron chi connectivity index (χ1n) is 11.3. The van der Waals surface area contributed by atoms with E-state index in [1.54, 1.807) is 6.07 Å². The molecule has 2 saturated carbocycles. The molecule has 31 heavy (non-hydrogen) atoms. The normalized spacial score (nSPS) is 40.0. The van der Waals surface area contributed by atoms with Crippen molar-refractivity contribution in [2.75, 3.05) is 0 Å². The molecule has 0 aromatic heterocycles. The Morgan fingerprint density at radius 1 is 1.29 bits per heavy atom. The molecule has 1 aromatic rings. The molecule has 7 nitrogen and oxygen atoms in total. The third-order valence-electron chi connectivity index (χ3n) is 9.29. The van der Waals surface area contributed by atoms with Crippen molar-refractivity contribution in [1.29, 1.82) is 0 Å². The number of aromatic carboxylic acids is 1. The molecule has 2 aliphatic heterocycles. The number of carboxylic acid groups (broad SMARTS) is 1. The molecule has 1 amide bonds. The van der Waals surface area contributed by atoms with Crippen LogP contribution in [0.15, 0.2) is 6.07 Å². The molecule has 5 N–H and O–H groups in total. The van der Waals surface area contributed by atoms with Crippen LogP contribution in [0.25, 0.3) is 0 Å². The zero-order chi connectivity index (χ0) is 22.5. The Morgan fingerprint density at radius 2 is 2.00 bits per heavy atom. The summed E-state index contributed by atoms with van der Waals surface area (Å²) in [5.74, 6) is -0.371. The van der Waals surface area contributed by atoms with E-state index in [2.05, 4.69) is 33.0 Å². The summed E-state index contributed by atoms with van der Waals surface area (Å²) in [5.41, 5.74) is 7.00. The highest BCUT2D eigenvalue weighted by Gasteiger charge is 2.69. The standard InChI is InChI=1S/C24H32N2O5/c1-11-5-6-16-22(2,3)19(27)15(25)9-24(16)23(11,4)8-12-7-13(21(29)30)17-14(18(12)31-24)10-26-20(17)28/h7,11,15-16,19,27H,5-6,8-10,25H2,1-4H3,(H,26,28)(H,29,30)/t11-,15?,16-,19?,23+,24-/m0/s1. The minimum absolute atomic E-state index is 0.0445. The minimum atomic E-state index is -1.10. The maximum atomic E-state index is 12.5. The molecule has 7 heteroatoms. The van der Waals surface area contributed by atoms with Gasteiger partial charge >= 0.3 is 5.97 Å². The molecule has 1 spiro atoms. The summed E-state index contributed by atoms with van der Waals surface area (Å²) in [7, 11) is 0. The van der Waals surface area contributed by atoms with Gasteiger partial charge in [0.1, 0.15) is 11.4 Å². The molecule has 5 rings (SSSR count). The topological polar surface area (TPSA) is 122 Å². The maximum absolute atomic E-state index is 12.5. The highest BCUT2D eigenvalue weighted by Crippen LogP contribution is 2.66. The molecule has 2 heterocycles. The molecule has 0 saturated heterocycles. The summed E-state index contributed by atoms with van der Waals surface area (Å²) in [6.07, 6.45) is 2.55. The van der Waals surface area contributed by atoms with Gasteiger partial charge in [-0.3, -0.25) is 4.79 Å². The quantitative estimate of drug-likeness (QED) is 0.545. The van der Waals surface area contributed by atoms with Crippen LogP contribution in [-0.4, -0.2) is 39.8 Å². The molecule has 6 atom stereocenters. The van der Waals surface area contributed by atoms with Crippen molar-refractivity contribution >= 4 is 11.9 Å². The van der Waals surface area contributed by atoms with Crippen LogP contribution in [0.3, 0.4) is 0 Å². The number of aliphatic hydroxyl groups excluding tert-OH is 1. The molecule has 2 fully saturated rings. The zero-order valence-electron chi connectivity index (χ0n) is 18.6. The van der Waals surface area contributed by atoms with Crippen molar-refractivity contribution in [2.45, 2.75) is 77.7 Å².